The van der Waals surface area contributed by atoms with Crippen LogP contribution in [0.4, 0.5) is 11.6 Å². The van der Waals surface area contributed by atoms with Crippen LogP contribution in [0.2, 0.25) is 0 Å². The highest BCUT2D eigenvalue weighted by Gasteiger charge is 2.20. The maximum atomic E-state index is 12.8. The number of anilines is 2. The zero-order valence-electron chi connectivity index (χ0n) is 17.4. The van der Waals surface area contributed by atoms with Crippen LogP contribution in [-0.4, -0.2) is 21.0 Å². The van der Waals surface area contributed by atoms with Crippen molar-refractivity contribution in [1.29, 1.82) is 0 Å². The summed E-state index contributed by atoms with van der Waals surface area (Å²) < 4.78 is 5.34. The largest absolute Gasteiger partial charge is 0.383 e. The van der Waals surface area contributed by atoms with E-state index in [9.17, 15) is 4.79 Å². The van der Waals surface area contributed by atoms with Gasteiger partial charge in [-0.25, -0.2) is 9.97 Å². The van der Waals surface area contributed by atoms with Gasteiger partial charge in [0.25, 0.3) is 5.91 Å². The summed E-state index contributed by atoms with van der Waals surface area (Å²) in [6, 6.07) is 13.1. The van der Waals surface area contributed by atoms with Crippen molar-refractivity contribution in [2.24, 2.45) is 0 Å². The van der Waals surface area contributed by atoms with E-state index in [2.05, 4.69) is 20.4 Å². The molecule has 0 bridgehead atoms. The number of carbonyl (C=O) groups is 1. The van der Waals surface area contributed by atoms with Crippen LogP contribution in [0.1, 0.15) is 42.5 Å². The van der Waals surface area contributed by atoms with Gasteiger partial charge >= 0.3 is 0 Å². The number of nitrogen functional groups attached to an aromatic ring is 1. The molecule has 2 aromatic carbocycles. The SMILES string of the molecule is Cc1ccc(C(=O)Nc2cc(C(C)(C)C)on2)cc1-c1ccc2ncnc(N)c2c1. The van der Waals surface area contributed by atoms with Gasteiger partial charge in [0.15, 0.2) is 5.82 Å². The van der Waals surface area contributed by atoms with E-state index >= 15 is 0 Å². The zero-order chi connectivity index (χ0) is 21.5. The van der Waals surface area contributed by atoms with Gasteiger partial charge in [0.1, 0.15) is 17.9 Å². The lowest BCUT2D eigenvalue weighted by molar-refractivity contribution is 0.102. The molecule has 0 atom stereocenters. The van der Waals surface area contributed by atoms with Crippen molar-refractivity contribution in [2.75, 3.05) is 11.1 Å². The third-order valence-electron chi connectivity index (χ3n) is 4.97. The van der Waals surface area contributed by atoms with Gasteiger partial charge in [-0.1, -0.05) is 38.1 Å². The molecule has 0 aliphatic rings. The highest BCUT2D eigenvalue weighted by Crippen LogP contribution is 2.29. The van der Waals surface area contributed by atoms with Gasteiger partial charge in [0.05, 0.1) is 5.52 Å². The Morgan fingerprint density at radius 1 is 1.07 bits per heavy atom. The molecule has 0 saturated carbocycles. The number of nitrogens with zero attached hydrogens (tertiary/aromatic N) is 3. The molecule has 7 nitrogen and oxygen atoms in total. The summed E-state index contributed by atoms with van der Waals surface area (Å²) in [7, 11) is 0. The molecular formula is C23H23N5O2. The van der Waals surface area contributed by atoms with Gasteiger partial charge in [0.2, 0.25) is 0 Å². The van der Waals surface area contributed by atoms with Crippen molar-refractivity contribution in [2.45, 2.75) is 33.1 Å². The van der Waals surface area contributed by atoms with Gasteiger partial charge in [-0.3, -0.25) is 4.79 Å². The molecule has 4 aromatic rings. The Labute approximate surface area is 174 Å². The smallest absolute Gasteiger partial charge is 0.256 e. The minimum atomic E-state index is -0.256. The van der Waals surface area contributed by atoms with Gasteiger partial charge in [-0.05, 0) is 47.9 Å². The Morgan fingerprint density at radius 3 is 2.60 bits per heavy atom. The Morgan fingerprint density at radius 2 is 1.87 bits per heavy atom. The molecule has 0 unspecified atom stereocenters. The summed E-state index contributed by atoms with van der Waals surface area (Å²) in [5.41, 5.74) is 10.0. The van der Waals surface area contributed by atoms with Crippen LogP contribution in [0.3, 0.4) is 0 Å². The average Bonchev–Trinajstić information content (AvgIpc) is 3.17. The number of aromatic nitrogens is 3. The molecule has 152 valence electrons. The minimum Gasteiger partial charge on any atom is -0.383 e. The molecule has 0 aliphatic carbocycles. The lowest BCUT2D eigenvalue weighted by Crippen LogP contribution is -2.13. The van der Waals surface area contributed by atoms with Crippen LogP contribution in [0.5, 0.6) is 0 Å². The summed E-state index contributed by atoms with van der Waals surface area (Å²) >= 11 is 0. The van der Waals surface area contributed by atoms with Gasteiger partial charge < -0.3 is 15.6 Å². The minimum absolute atomic E-state index is 0.186. The van der Waals surface area contributed by atoms with Gasteiger partial charge in [-0.15, -0.1) is 0 Å². The van der Waals surface area contributed by atoms with E-state index in [1.165, 1.54) is 6.33 Å². The average molecular weight is 401 g/mol. The topological polar surface area (TPSA) is 107 Å². The molecule has 0 saturated heterocycles. The first-order valence-electron chi connectivity index (χ1n) is 9.62. The number of aryl methyl sites for hydroxylation is 1. The molecule has 4 rings (SSSR count). The molecule has 0 radical (unpaired) electrons. The number of benzene rings is 2. The first-order valence-corrected chi connectivity index (χ1v) is 9.62. The van der Waals surface area contributed by atoms with Crippen molar-refractivity contribution in [3.8, 4) is 11.1 Å². The fraction of sp³-hybridized carbons (Fsp3) is 0.217. The highest BCUT2D eigenvalue weighted by molar-refractivity contribution is 6.04. The number of rotatable bonds is 3. The first kappa shape index (κ1) is 19.6. The summed E-state index contributed by atoms with van der Waals surface area (Å²) in [6.45, 7) is 8.06. The fourth-order valence-corrected chi connectivity index (χ4v) is 3.19. The third-order valence-corrected chi connectivity index (χ3v) is 4.97. The lowest BCUT2D eigenvalue weighted by atomic mass is 9.93. The molecule has 0 aliphatic heterocycles. The Bertz CT molecular complexity index is 1250. The van der Waals surface area contributed by atoms with Crippen molar-refractivity contribution in [3.05, 3.63) is 65.7 Å². The van der Waals surface area contributed by atoms with Crippen LogP contribution >= 0.6 is 0 Å². The van der Waals surface area contributed by atoms with E-state index in [1.54, 1.807) is 12.1 Å². The van der Waals surface area contributed by atoms with E-state index in [1.807, 2.05) is 58.0 Å². The summed E-state index contributed by atoms with van der Waals surface area (Å²) in [5, 5.41) is 7.54. The quantitative estimate of drug-likeness (QED) is 0.514. The molecule has 2 aromatic heterocycles. The van der Waals surface area contributed by atoms with E-state index in [0.717, 1.165) is 27.6 Å². The third kappa shape index (κ3) is 3.74. The van der Waals surface area contributed by atoms with Crippen molar-refractivity contribution < 1.29 is 9.32 Å². The number of nitrogens with one attached hydrogen (secondary N) is 1. The predicted molar refractivity (Wildman–Crippen MR) is 117 cm³/mol. The van der Waals surface area contributed by atoms with Crippen LogP contribution < -0.4 is 11.1 Å². The second kappa shape index (κ2) is 7.26. The van der Waals surface area contributed by atoms with Crippen LogP contribution in [0.25, 0.3) is 22.0 Å². The second-order valence-electron chi connectivity index (χ2n) is 8.30. The highest BCUT2D eigenvalue weighted by atomic mass is 16.5. The first-order chi connectivity index (χ1) is 14.2. The Kier molecular flexibility index (Phi) is 4.73. The van der Waals surface area contributed by atoms with E-state index in [4.69, 9.17) is 10.3 Å². The van der Waals surface area contributed by atoms with Crippen molar-refractivity contribution in [3.63, 3.8) is 0 Å². The summed E-state index contributed by atoms with van der Waals surface area (Å²) in [6.07, 6.45) is 1.45. The lowest BCUT2D eigenvalue weighted by Gasteiger charge is -2.12. The molecular weight excluding hydrogens is 378 g/mol. The van der Waals surface area contributed by atoms with Crippen molar-refractivity contribution >= 4 is 28.4 Å². The van der Waals surface area contributed by atoms with E-state index < -0.39 is 0 Å². The van der Waals surface area contributed by atoms with Crippen LogP contribution in [0, 0.1) is 6.92 Å². The number of fused-ring (bicyclic) bond motifs is 1. The zero-order valence-corrected chi connectivity index (χ0v) is 17.4. The van der Waals surface area contributed by atoms with Gasteiger partial charge in [-0.2, -0.15) is 0 Å². The van der Waals surface area contributed by atoms with Crippen molar-refractivity contribution in [1.82, 2.24) is 15.1 Å². The maximum absolute atomic E-state index is 12.8. The molecule has 0 fully saturated rings. The summed E-state index contributed by atoms with van der Waals surface area (Å²) in [5.74, 6) is 1.27. The normalized spacial score (nSPS) is 11.6. The number of carbonyl (C=O) groups excluding carboxylic acids is 1. The number of hydrogen-bond acceptors (Lipinski definition) is 6. The molecule has 30 heavy (non-hydrogen) atoms. The fourth-order valence-electron chi connectivity index (χ4n) is 3.19. The standard InChI is InChI=1S/C23H23N5O2/c1-13-5-6-15(22(29)27-20-11-19(30-28-20)23(2,3)4)10-16(13)14-7-8-18-17(9-14)21(24)26-12-25-18/h5-12H,1-4H3,(H2,24,25,26)(H,27,28,29). The Hall–Kier alpha value is -3.74. The molecule has 1 amide bonds. The monoisotopic (exact) mass is 401 g/mol. The van der Waals surface area contributed by atoms with Crippen LogP contribution in [0.15, 0.2) is 53.3 Å². The Balaban J connectivity index is 1.66. The van der Waals surface area contributed by atoms with E-state index in [0.29, 0.717) is 23.0 Å². The summed E-state index contributed by atoms with van der Waals surface area (Å²) in [4.78, 5) is 21.1. The van der Waals surface area contributed by atoms with E-state index in [-0.39, 0.29) is 11.3 Å². The number of amides is 1. The molecule has 3 N–H and O–H groups in total. The predicted octanol–water partition coefficient (Wildman–Crippen LogP) is 4.73. The number of hydrogen-bond donors (Lipinski definition) is 2. The van der Waals surface area contributed by atoms with Crippen LogP contribution in [-0.2, 0) is 5.41 Å². The maximum Gasteiger partial charge on any atom is 0.256 e. The molecule has 7 heteroatoms. The van der Waals surface area contributed by atoms with Gasteiger partial charge in [0, 0.05) is 22.4 Å². The molecule has 2 heterocycles. The molecule has 0 spiro atoms. The number of nitrogens with two attached hydrogens (primary N) is 1. The second-order valence-corrected chi connectivity index (χ2v) is 8.30.